The van der Waals surface area contributed by atoms with E-state index in [4.69, 9.17) is 0 Å². The summed E-state index contributed by atoms with van der Waals surface area (Å²) >= 11 is 0. The van der Waals surface area contributed by atoms with Crippen molar-refractivity contribution >= 4 is 0 Å². The molecule has 3 heteroatoms. The molecule has 0 radical (unpaired) electrons. The molecule has 0 N–H and O–H groups in total. The van der Waals surface area contributed by atoms with E-state index in [1.807, 2.05) is 0 Å². The quantitative estimate of drug-likeness (QED) is 0.626. The third-order valence-corrected chi connectivity index (χ3v) is 2.87. The number of imidazole rings is 1. The number of aryl methyl sites for hydroxylation is 1. The number of hydrogen-bond donors (Lipinski definition) is 0. The summed E-state index contributed by atoms with van der Waals surface area (Å²) in [7, 11) is 0. The van der Waals surface area contributed by atoms with Crippen molar-refractivity contribution in [1.82, 2.24) is 14.5 Å². The van der Waals surface area contributed by atoms with Crippen LogP contribution in [0.15, 0.2) is 6.20 Å². The van der Waals surface area contributed by atoms with Crippen LogP contribution in [0.2, 0.25) is 0 Å². The van der Waals surface area contributed by atoms with E-state index in [0.717, 1.165) is 25.3 Å². The van der Waals surface area contributed by atoms with Crippen molar-refractivity contribution in [3.63, 3.8) is 0 Å². The van der Waals surface area contributed by atoms with E-state index in [1.54, 1.807) is 0 Å². The molecule has 1 aromatic heterocycles. The Bertz CT molecular complexity index is 333. The van der Waals surface area contributed by atoms with Gasteiger partial charge in [0, 0.05) is 24.8 Å². The molecule has 0 unspecified atom stereocenters. The van der Waals surface area contributed by atoms with Crippen LogP contribution >= 0.6 is 0 Å². The lowest BCUT2D eigenvalue weighted by molar-refractivity contribution is 0.100. The van der Waals surface area contributed by atoms with Crippen molar-refractivity contribution in [2.45, 2.75) is 46.3 Å². The summed E-state index contributed by atoms with van der Waals surface area (Å²) < 4.78 is 2.28. The van der Waals surface area contributed by atoms with Crippen molar-refractivity contribution in [2.75, 3.05) is 6.54 Å². The maximum absolute atomic E-state index is 4.54. The van der Waals surface area contributed by atoms with Crippen molar-refractivity contribution in [3.05, 3.63) is 17.7 Å². The maximum atomic E-state index is 4.54. The molecule has 0 atom stereocenters. The van der Waals surface area contributed by atoms with Gasteiger partial charge in [0.2, 0.25) is 0 Å². The zero-order valence-corrected chi connectivity index (χ0v) is 9.54. The molecule has 0 saturated heterocycles. The highest BCUT2D eigenvalue weighted by atomic mass is 15.3. The highest BCUT2D eigenvalue weighted by molar-refractivity contribution is 5.05. The molecule has 1 aliphatic heterocycles. The lowest BCUT2D eigenvalue weighted by Crippen LogP contribution is -2.45. The van der Waals surface area contributed by atoms with Crippen LogP contribution in [0.3, 0.4) is 0 Å². The molecule has 0 amide bonds. The number of rotatable bonds is 0. The van der Waals surface area contributed by atoms with Gasteiger partial charge >= 0.3 is 0 Å². The van der Waals surface area contributed by atoms with Crippen LogP contribution in [0.5, 0.6) is 0 Å². The van der Waals surface area contributed by atoms with Crippen LogP contribution in [0.4, 0.5) is 0 Å². The Labute approximate surface area is 85.7 Å². The molecule has 0 spiro atoms. The molecule has 14 heavy (non-hydrogen) atoms. The first-order valence-corrected chi connectivity index (χ1v) is 5.24. The summed E-state index contributed by atoms with van der Waals surface area (Å²) in [6.07, 6.45) is 2.15. The highest BCUT2D eigenvalue weighted by Crippen LogP contribution is 2.20. The van der Waals surface area contributed by atoms with Crippen molar-refractivity contribution in [3.8, 4) is 0 Å². The van der Waals surface area contributed by atoms with Crippen molar-refractivity contribution in [1.29, 1.82) is 0 Å². The van der Waals surface area contributed by atoms with Gasteiger partial charge in [0.25, 0.3) is 0 Å². The van der Waals surface area contributed by atoms with E-state index in [-0.39, 0.29) is 5.54 Å². The molecule has 2 rings (SSSR count). The van der Waals surface area contributed by atoms with Gasteiger partial charge in [0.15, 0.2) is 0 Å². The molecule has 0 saturated carbocycles. The summed E-state index contributed by atoms with van der Waals surface area (Å²) in [5.74, 6) is 1.21. The maximum Gasteiger partial charge on any atom is 0.123 e. The average Bonchev–Trinajstić information content (AvgIpc) is 2.41. The molecular formula is C11H19N3. The number of aromatic nitrogens is 2. The SMILES string of the molecule is Cc1cn2c(n1)CN(C(C)(C)C)CC2. The zero-order valence-electron chi connectivity index (χ0n) is 9.54. The first-order chi connectivity index (χ1) is 6.47. The molecular weight excluding hydrogens is 174 g/mol. The molecule has 0 aliphatic carbocycles. The summed E-state index contributed by atoms with van der Waals surface area (Å²) in [5.41, 5.74) is 1.39. The van der Waals surface area contributed by atoms with Gasteiger partial charge in [0.1, 0.15) is 5.82 Å². The lowest BCUT2D eigenvalue weighted by Gasteiger charge is -2.38. The number of hydrogen-bond acceptors (Lipinski definition) is 2. The molecule has 1 aromatic rings. The molecule has 78 valence electrons. The molecule has 3 nitrogen and oxygen atoms in total. The average molecular weight is 193 g/mol. The third-order valence-electron chi connectivity index (χ3n) is 2.87. The minimum absolute atomic E-state index is 0.255. The van der Waals surface area contributed by atoms with E-state index < -0.39 is 0 Å². The minimum atomic E-state index is 0.255. The van der Waals surface area contributed by atoms with Crippen LogP contribution in [0.25, 0.3) is 0 Å². The topological polar surface area (TPSA) is 21.1 Å². The molecule has 2 heterocycles. The second kappa shape index (κ2) is 3.09. The van der Waals surface area contributed by atoms with Gasteiger partial charge in [0.05, 0.1) is 12.2 Å². The summed E-state index contributed by atoms with van der Waals surface area (Å²) in [6.45, 7) is 12.0. The monoisotopic (exact) mass is 193 g/mol. The predicted molar refractivity (Wildman–Crippen MR) is 57.1 cm³/mol. The van der Waals surface area contributed by atoms with Crippen LogP contribution in [-0.4, -0.2) is 26.5 Å². The standard InChI is InChI=1S/C11H19N3/c1-9-7-13-5-6-14(11(2,3)4)8-10(13)12-9/h7H,5-6,8H2,1-4H3. The Kier molecular flexibility index (Phi) is 2.14. The van der Waals surface area contributed by atoms with E-state index in [9.17, 15) is 0 Å². The highest BCUT2D eigenvalue weighted by Gasteiger charge is 2.26. The predicted octanol–water partition coefficient (Wildman–Crippen LogP) is 1.81. The van der Waals surface area contributed by atoms with E-state index >= 15 is 0 Å². The Morgan fingerprint density at radius 3 is 2.64 bits per heavy atom. The van der Waals surface area contributed by atoms with Crippen molar-refractivity contribution in [2.24, 2.45) is 0 Å². The van der Waals surface area contributed by atoms with Gasteiger partial charge in [-0.05, 0) is 27.7 Å². The Morgan fingerprint density at radius 1 is 1.29 bits per heavy atom. The lowest BCUT2D eigenvalue weighted by atomic mass is 10.1. The molecule has 0 fully saturated rings. The fourth-order valence-corrected chi connectivity index (χ4v) is 1.97. The summed E-state index contributed by atoms with van der Waals surface area (Å²) in [5, 5.41) is 0. The Morgan fingerprint density at radius 2 is 2.00 bits per heavy atom. The molecule has 1 aliphatic rings. The van der Waals surface area contributed by atoms with E-state index in [1.165, 1.54) is 5.82 Å². The van der Waals surface area contributed by atoms with Crippen LogP contribution < -0.4 is 0 Å². The van der Waals surface area contributed by atoms with E-state index in [2.05, 4.69) is 48.3 Å². The molecule has 0 bridgehead atoms. The second-order valence-electron chi connectivity index (χ2n) is 5.08. The number of nitrogens with zero attached hydrogens (tertiary/aromatic N) is 3. The van der Waals surface area contributed by atoms with Gasteiger partial charge in [-0.25, -0.2) is 4.98 Å². The fourth-order valence-electron chi connectivity index (χ4n) is 1.97. The van der Waals surface area contributed by atoms with Gasteiger partial charge in [-0.1, -0.05) is 0 Å². The number of fused-ring (bicyclic) bond motifs is 1. The third kappa shape index (κ3) is 1.69. The minimum Gasteiger partial charge on any atom is -0.332 e. The van der Waals surface area contributed by atoms with Gasteiger partial charge in [-0.2, -0.15) is 0 Å². The first-order valence-electron chi connectivity index (χ1n) is 5.24. The molecule has 0 aromatic carbocycles. The van der Waals surface area contributed by atoms with E-state index in [0.29, 0.717) is 0 Å². The van der Waals surface area contributed by atoms with Crippen LogP contribution in [0.1, 0.15) is 32.3 Å². The van der Waals surface area contributed by atoms with Gasteiger partial charge < -0.3 is 4.57 Å². The van der Waals surface area contributed by atoms with Gasteiger partial charge in [-0.15, -0.1) is 0 Å². The van der Waals surface area contributed by atoms with Gasteiger partial charge in [-0.3, -0.25) is 4.90 Å². The second-order valence-corrected chi connectivity index (χ2v) is 5.08. The first kappa shape index (κ1) is 9.71. The summed E-state index contributed by atoms with van der Waals surface area (Å²) in [6, 6.07) is 0. The zero-order chi connectivity index (χ0) is 10.3. The summed E-state index contributed by atoms with van der Waals surface area (Å²) in [4.78, 5) is 7.02. The van der Waals surface area contributed by atoms with Crippen molar-refractivity contribution < 1.29 is 0 Å². The van der Waals surface area contributed by atoms with Crippen LogP contribution in [-0.2, 0) is 13.1 Å². The smallest absolute Gasteiger partial charge is 0.123 e. The Balaban J connectivity index is 2.21. The normalized spacial score (nSPS) is 18.3. The Hall–Kier alpha value is -0.830. The van der Waals surface area contributed by atoms with Crippen LogP contribution in [0, 0.1) is 6.92 Å². The largest absolute Gasteiger partial charge is 0.332 e. The fraction of sp³-hybridized carbons (Fsp3) is 0.727.